The third-order valence-electron chi connectivity index (χ3n) is 3.46. The van der Waals surface area contributed by atoms with Gasteiger partial charge in [0.15, 0.2) is 0 Å². The van der Waals surface area contributed by atoms with Gasteiger partial charge in [-0.25, -0.2) is 0 Å². The van der Waals surface area contributed by atoms with Gasteiger partial charge in [0.05, 0.1) is 12.0 Å². The number of carbonyl (C=O) groups excluding carboxylic acids is 1. The summed E-state index contributed by atoms with van der Waals surface area (Å²) in [4.78, 5) is 23.4. The zero-order valence-electron chi connectivity index (χ0n) is 12.3. The first-order chi connectivity index (χ1) is 9.79. The molecule has 5 heteroatoms. The second-order valence-corrected chi connectivity index (χ2v) is 7.05. The van der Waals surface area contributed by atoms with Crippen molar-refractivity contribution in [2.75, 3.05) is 0 Å². The van der Waals surface area contributed by atoms with Crippen LogP contribution in [0.25, 0.3) is 10.1 Å². The Labute approximate surface area is 127 Å². The number of amides is 1. The molecule has 1 unspecified atom stereocenters. The van der Waals surface area contributed by atoms with Crippen LogP contribution in [0.5, 0.6) is 0 Å². The number of thiophene rings is 1. The van der Waals surface area contributed by atoms with E-state index in [0.717, 1.165) is 10.1 Å². The molecule has 0 saturated heterocycles. The molecule has 2 N–H and O–H groups in total. The van der Waals surface area contributed by atoms with Crippen LogP contribution in [-0.2, 0) is 4.79 Å². The van der Waals surface area contributed by atoms with Gasteiger partial charge in [0.25, 0.3) is 5.91 Å². The molecule has 2 rings (SSSR count). The molecule has 1 atom stereocenters. The number of nitrogens with one attached hydrogen (secondary N) is 1. The number of carboxylic acids is 1. The minimum absolute atomic E-state index is 0.0860. The molecule has 1 heterocycles. The molecule has 4 nitrogen and oxygen atoms in total. The van der Waals surface area contributed by atoms with Crippen molar-refractivity contribution in [3.8, 4) is 0 Å². The molecule has 0 fully saturated rings. The third-order valence-corrected chi connectivity index (χ3v) is 4.42. The predicted molar refractivity (Wildman–Crippen MR) is 84.8 cm³/mol. The second-order valence-electron chi connectivity index (χ2n) is 6.14. The van der Waals surface area contributed by atoms with Crippen molar-refractivity contribution < 1.29 is 14.7 Å². The fraction of sp³-hybridized carbons (Fsp3) is 0.375. The largest absolute Gasteiger partial charge is 0.481 e. The van der Waals surface area contributed by atoms with Crippen molar-refractivity contribution in [1.82, 2.24) is 5.32 Å². The number of benzene rings is 1. The van der Waals surface area contributed by atoms with E-state index >= 15 is 0 Å². The third kappa shape index (κ3) is 3.61. The van der Waals surface area contributed by atoms with Crippen LogP contribution in [0, 0.1) is 5.41 Å². The summed E-state index contributed by atoms with van der Waals surface area (Å²) in [5, 5.41) is 14.6. The summed E-state index contributed by atoms with van der Waals surface area (Å²) < 4.78 is 1.05. The highest BCUT2D eigenvalue weighted by Gasteiger charge is 2.29. The van der Waals surface area contributed by atoms with Crippen LogP contribution >= 0.6 is 11.3 Å². The lowest BCUT2D eigenvalue weighted by atomic mass is 9.84. The quantitative estimate of drug-likeness (QED) is 0.908. The average Bonchev–Trinajstić information content (AvgIpc) is 2.80. The van der Waals surface area contributed by atoms with Gasteiger partial charge in [-0.2, -0.15) is 0 Å². The summed E-state index contributed by atoms with van der Waals surface area (Å²) >= 11 is 1.51. The molecule has 1 aromatic carbocycles. The van der Waals surface area contributed by atoms with Gasteiger partial charge in [-0.05, 0) is 11.5 Å². The van der Waals surface area contributed by atoms with Crippen LogP contribution in [0.4, 0.5) is 0 Å². The van der Waals surface area contributed by atoms with Crippen molar-refractivity contribution in [1.29, 1.82) is 0 Å². The SMILES string of the molecule is CC(C)(C)C(CC(=O)O)NC(=O)c1csc2ccccc12. The minimum atomic E-state index is -0.912. The monoisotopic (exact) mass is 305 g/mol. The van der Waals surface area contributed by atoms with Crippen molar-refractivity contribution in [2.45, 2.75) is 33.2 Å². The van der Waals surface area contributed by atoms with E-state index in [2.05, 4.69) is 5.32 Å². The Balaban J connectivity index is 2.25. The van der Waals surface area contributed by atoms with Crippen LogP contribution in [0.15, 0.2) is 29.6 Å². The van der Waals surface area contributed by atoms with Gasteiger partial charge in [-0.1, -0.05) is 39.0 Å². The first kappa shape index (κ1) is 15.5. The Morgan fingerprint density at radius 1 is 1.29 bits per heavy atom. The standard InChI is InChI=1S/C16H19NO3S/c1-16(2,3)13(8-14(18)19)17-15(20)11-9-21-12-7-5-4-6-10(11)12/h4-7,9,13H,8H2,1-3H3,(H,17,20)(H,18,19). The van der Waals surface area contributed by atoms with Crippen molar-refractivity contribution >= 4 is 33.3 Å². The number of carbonyl (C=O) groups is 2. The molecule has 112 valence electrons. The lowest BCUT2D eigenvalue weighted by molar-refractivity contribution is -0.138. The summed E-state index contributed by atoms with van der Waals surface area (Å²) in [5.41, 5.74) is 0.287. The maximum absolute atomic E-state index is 12.5. The van der Waals surface area contributed by atoms with Crippen molar-refractivity contribution in [3.05, 3.63) is 35.2 Å². The number of fused-ring (bicyclic) bond motifs is 1. The smallest absolute Gasteiger partial charge is 0.305 e. The lowest BCUT2D eigenvalue weighted by Gasteiger charge is -2.30. The van der Waals surface area contributed by atoms with Gasteiger partial charge < -0.3 is 10.4 Å². The zero-order chi connectivity index (χ0) is 15.6. The van der Waals surface area contributed by atoms with Crippen LogP contribution in [0.3, 0.4) is 0 Å². The molecule has 1 aromatic heterocycles. The number of aliphatic carboxylic acids is 1. The van der Waals surface area contributed by atoms with Crippen LogP contribution in [-0.4, -0.2) is 23.0 Å². The molecule has 21 heavy (non-hydrogen) atoms. The van der Waals surface area contributed by atoms with E-state index in [9.17, 15) is 9.59 Å². The van der Waals surface area contributed by atoms with E-state index in [4.69, 9.17) is 5.11 Å². The maximum Gasteiger partial charge on any atom is 0.305 e. The Kier molecular flexibility index (Phi) is 4.32. The van der Waals surface area contributed by atoms with E-state index in [1.165, 1.54) is 11.3 Å². The molecule has 0 radical (unpaired) electrons. The van der Waals surface area contributed by atoms with Crippen molar-refractivity contribution in [2.24, 2.45) is 5.41 Å². The molecule has 0 aliphatic heterocycles. The highest BCUT2D eigenvalue weighted by Crippen LogP contribution is 2.27. The van der Waals surface area contributed by atoms with Gasteiger partial charge in [0.1, 0.15) is 0 Å². The van der Waals surface area contributed by atoms with Crippen molar-refractivity contribution in [3.63, 3.8) is 0 Å². The minimum Gasteiger partial charge on any atom is -0.481 e. The summed E-state index contributed by atoms with van der Waals surface area (Å²) in [6.45, 7) is 5.77. The lowest BCUT2D eigenvalue weighted by Crippen LogP contribution is -2.45. The average molecular weight is 305 g/mol. The summed E-state index contributed by atoms with van der Waals surface area (Å²) in [6, 6.07) is 7.29. The number of hydrogen-bond acceptors (Lipinski definition) is 3. The van der Waals surface area contributed by atoms with E-state index in [1.807, 2.05) is 50.4 Å². The van der Waals surface area contributed by atoms with Crippen LogP contribution < -0.4 is 5.32 Å². The van der Waals surface area contributed by atoms with Crippen LogP contribution in [0.1, 0.15) is 37.6 Å². The number of carboxylic acid groups (broad SMARTS) is 1. The number of hydrogen-bond donors (Lipinski definition) is 2. The summed E-state index contributed by atoms with van der Waals surface area (Å²) in [7, 11) is 0. The summed E-state index contributed by atoms with van der Waals surface area (Å²) in [6.07, 6.45) is -0.0860. The molecule has 0 spiro atoms. The molecule has 0 aliphatic rings. The van der Waals surface area contributed by atoms with E-state index in [1.54, 1.807) is 0 Å². The van der Waals surface area contributed by atoms with E-state index < -0.39 is 12.0 Å². The Morgan fingerprint density at radius 3 is 2.57 bits per heavy atom. The molecule has 0 saturated carbocycles. The first-order valence-corrected chi connectivity index (χ1v) is 7.66. The topological polar surface area (TPSA) is 66.4 Å². The zero-order valence-corrected chi connectivity index (χ0v) is 13.2. The van der Waals surface area contributed by atoms with Crippen LogP contribution in [0.2, 0.25) is 0 Å². The highest BCUT2D eigenvalue weighted by molar-refractivity contribution is 7.17. The highest BCUT2D eigenvalue weighted by atomic mass is 32.1. The van der Waals surface area contributed by atoms with Gasteiger partial charge in [0.2, 0.25) is 0 Å². The van der Waals surface area contributed by atoms with Gasteiger partial charge in [-0.15, -0.1) is 11.3 Å². The molecular weight excluding hydrogens is 286 g/mol. The normalized spacial score (nSPS) is 13.1. The Bertz CT molecular complexity index is 669. The van der Waals surface area contributed by atoms with Gasteiger partial charge >= 0.3 is 5.97 Å². The Hall–Kier alpha value is -1.88. The maximum atomic E-state index is 12.5. The fourth-order valence-electron chi connectivity index (χ4n) is 2.14. The van der Waals surface area contributed by atoms with E-state index in [-0.39, 0.29) is 17.7 Å². The molecule has 1 amide bonds. The second kappa shape index (κ2) is 5.85. The molecule has 0 bridgehead atoms. The predicted octanol–water partition coefficient (Wildman–Crippen LogP) is 3.52. The number of rotatable bonds is 4. The Morgan fingerprint density at radius 2 is 1.95 bits per heavy atom. The van der Waals surface area contributed by atoms with Gasteiger partial charge in [-0.3, -0.25) is 9.59 Å². The molecular formula is C16H19NO3S. The summed E-state index contributed by atoms with van der Waals surface area (Å²) in [5.74, 6) is -1.13. The fourth-order valence-corrected chi connectivity index (χ4v) is 3.08. The molecule has 0 aliphatic carbocycles. The first-order valence-electron chi connectivity index (χ1n) is 6.78. The molecule has 2 aromatic rings. The van der Waals surface area contributed by atoms with E-state index in [0.29, 0.717) is 5.56 Å². The van der Waals surface area contributed by atoms with Gasteiger partial charge in [0, 0.05) is 21.5 Å².